The van der Waals surface area contributed by atoms with Gasteiger partial charge in [0.05, 0.1) is 17.7 Å². The molecule has 1 aromatic carbocycles. The van der Waals surface area contributed by atoms with E-state index in [4.69, 9.17) is 0 Å². The maximum atomic E-state index is 13.9. The normalized spacial score (nSPS) is 20.5. The third-order valence-corrected chi connectivity index (χ3v) is 9.43. The first-order valence-electron chi connectivity index (χ1n) is 16.8. The van der Waals surface area contributed by atoms with E-state index in [1.807, 2.05) is 51.1 Å². The molecule has 4 atom stereocenters. The lowest BCUT2D eigenvalue weighted by molar-refractivity contribution is -0.141. The number of carbonyl (C=O) groups excluding carboxylic acids is 2. The van der Waals surface area contributed by atoms with Gasteiger partial charge in [-0.15, -0.1) is 0 Å². The van der Waals surface area contributed by atoms with Gasteiger partial charge in [-0.3, -0.25) is 9.59 Å². The number of amides is 2. The third-order valence-electron chi connectivity index (χ3n) is 9.43. The summed E-state index contributed by atoms with van der Waals surface area (Å²) in [6, 6.07) is 9.27. The maximum Gasteiger partial charge on any atom is 0.223 e. The first-order valence-corrected chi connectivity index (χ1v) is 16.8. The summed E-state index contributed by atoms with van der Waals surface area (Å²) in [5.74, 6) is -0.256. The van der Waals surface area contributed by atoms with Crippen LogP contribution in [0, 0.1) is 17.8 Å². The van der Waals surface area contributed by atoms with Gasteiger partial charge in [0.15, 0.2) is 0 Å². The van der Waals surface area contributed by atoms with Gasteiger partial charge in [-0.25, -0.2) is 0 Å². The van der Waals surface area contributed by atoms with Crippen molar-refractivity contribution < 1.29 is 24.9 Å². The van der Waals surface area contributed by atoms with Crippen LogP contribution in [-0.2, 0) is 16.1 Å². The number of carbonyl (C=O) groups is 2. The molecule has 3 rings (SSSR count). The summed E-state index contributed by atoms with van der Waals surface area (Å²) >= 11 is 0. The molecule has 2 aliphatic carbocycles. The Morgan fingerprint density at radius 1 is 1.00 bits per heavy atom. The number of nitrogens with one attached hydrogen (secondary N) is 1. The van der Waals surface area contributed by atoms with E-state index in [9.17, 15) is 24.9 Å². The van der Waals surface area contributed by atoms with E-state index in [1.54, 1.807) is 4.90 Å². The van der Waals surface area contributed by atoms with Crippen molar-refractivity contribution in [2.45, 2.75) is 147 Å². The van der Waals surface area contributed by atoms with Crippen molar-refractivity contribution in [1.29, 1.82) is 0 Å². The van der Waals surface area contributed by atoms with E-state index in [2.05, 4.69) is 5.32 Å². The third kappa shape index (κ3) is 11.3. The van der Waals surface area contributed by atoms with Gasteiger partial charge in [-0.1, -0.05) is 109 Å². The lowest BCUT2D eigenvalue weighted by Crippen LogP contribution is -2.52. The maximum absolute atomic E-state index is 13.9. The molecule has 4 N–H and O–H groups in total. The van der Waals surface area contributed by atoms with Crippen molar-refractivity contribution in [2.75, 3.05) is 6.54 Å². The molecule has 7 heteroatoms. The number of aliphatic hydroxyl groups excluding tert-OH is 2. The first kappa shape index (κ1) is 34.5. The number of nitrogens with zero attached hydrogens (tertiary/aromatic N) is 1. The highest BCUT2D eigenvalue weighted by Gasteiger charge is 2.36. The van der Waals surface area contributed by atoms with Crippen LogP contribution in [0.1, 0.15) is 123 Å². The summed E-state index contributed by atoms with van der Waals surface area (Å²) in [5, 5.41) is 36.4. The van der Waals surface area contributed by atoms with E-state index in [0.717, 1.165) is 56.9 Å². The Morgan fingerprint density at radius 2 is 1.64 bits per heavy atom. The van der Waals surface area contributed by atoms with E-state index >= 15 is 0 Å². The van der Waals surface area contributed by atoms with E-state index in [-0.39, 0.29) is 30.7 Å². The summed E-state index contributed by atoms with van der Waals surface area (Å²) in [6.07, 6.45) is 10.6. The number of benzene rings is 1. The van der Waals surface area contributed by atoms with Crippen LogP contribution in [0.15, 0.2) is 30.3 Å². The molecule has 0 bridgehead atoms. The smallest absolute Gasteiger partial charge is 0.223 e. The van der Waals surface area contributed by atoms with Gasteiger partial charge in [0.2, 0.25) is 11.8 Å². The van der Waals surface area contributed by atoms with E-state index in [1.165, 1.54) is 6.42 Å². The van der Waals surface area contributed by atoms with Gasteiger partial charge >= 0.3 is 0 Å². The second kappa shape index (κ2) is 17.4. The van der Waals surface area contributed by atoms with Gasteiger partial charge in [0, 0.05) is 25.4 Å². The minimum absolute atomic E-state index is 0.0589. The summed E-state index contributed by atoms with van der Waals surface area (Å²) in [7, 11) is 0. The van der Waals surface area contributed by atoms with Crippen LogP contribution < -0.4 is 5.32 Å². The molecule has 42 heavy (non-hydrogen) atoms. The van der Waals surface area contributed by atoms with Crippen molar-refractivity contribution >= 4 is 11.8 Å². The Bertz CT molecular complexity index is 927. The van der Waals surface area contributed by atoms with Crippen LogP contribution in [-0.4, -0.2) is 62.4 Å². The minimum Gasteiger partial charge on any atom is -0.390 e. The van der Waals surface area contributed by atoms with Crippen LogP contribution in [0.2, 0.25) is 0 Å². The Morgan fingerprint density at radius 3 is 2.26 bits per heavy atom. The van der Waals surface area contributed by atoms with Crippen LogP contribution in [0.3, 0.4) is 0 Å². The SMILES string of the molecule is CCC[C@H](CC(=O)N(Cc1ccccc1)CC1(O)CCCCC1)C(=O)N[C@@H](CC1CCCCC1)[C@@H](O)[C@@H](O)CC(C)C. The van der Waals surface area contributed by atoms with E-state index < -0.39 is 29.8 Å². The Labute approximate surface area is 254 Å². The molecule has 1 aromatic rings. The van der Waals surface area contributed by atoms with Crippen molar-refractivity contribution in [3.05, 3.63) is 35.9 Å². The topological polar surface area (TPSA) is 110 Å². The van der Waals surface area contributed by atoms with Gasteiger partial charge in [0.25, 0.3) is 0 Å². The molecule has 0 heterocycles. The molecule has 7 nitrogen and oxygen atoms in total. The summed E-state index contributed by atoms with van der Waals surface area (Å²) < 4.78 is 0. The second-order valence-electron chi connectivity index (χ2n) is 13.8. The molecule has 0 saturated heterocycles. The monoisotopic (exact) mass is 586 g/mol. The van der Waals surface area contributed by atoms with Crippen LogP contribution in [0.5, 0.6) is 0 Å². The quantitative estimate of drug-likeness (QED) is 0.198. The minimum atomic E-state index is -1.05. The Hall–Kier alpha value is -1.96. The van der Waals surface area contributed by atoms with Crippen LogP contribution in [0.4, 0.5) is 0 Å². The molecule has 2 saturated carbocycles. The molecule has 0 spiro atoms. The molecule has 0 aromatic heterocycles. The molecule has 0 unspecified atom stereocenters. The molecule has 238 valence electrons. The highest BCUT2D eigenvalue weighted by atomic mass is 16.3. The summed E-state index contributed by atoms with van der Waals surface area (Å²) in [6.45, 7) is 6.70. The second-order valence-corrected chi connectivity index (χ2v) is 13.8. The predicted molar refractivity (Wildman–Crippen MR) is 168 cm³/mol. The number of rotatable bonds is 16. The van der Waals surface area contributed by atoms with Crippen LogP contribution >= 0.6 is 0 Å². The lowest BCUT2D eigenvalue weighted by Gasteiger charge is -2.37. The van der Waals surface area contributed by atoms with Crippen molar-refractivity contribution in [1.82, 2.24) is 10.2 Å². The highest BCUT2D eigenvalue weighted by Crippen LogP contribution is 2.31. The summed E-state index contributed by atoms with van der Waals surface area (Å²) in [4.78, 5) is 29.4. The zero-order valence-electron chi connectivity index (χ0n) is 26.5. The zero-order valence-corrected chi connectivity index (χ0v) is 26.5. The Balaban J connectivity index is 1.75. The number of hydrogen-bond acceptors (Lipinski definition) is 5. The lowest BCUT2D eigenvalue weighted by atomic mass is 9.82. The molecule has 2 amide bonds. The first-order chi connectivity index (χ1) is 20.1. The molecule has 0 aliphatic heterocycles. The number of aliphatic hydroxyl groups is 3. The Kier molecular flexibility index (Phi) is 14.3. The average Bonchev–Trinajstić information content (AvgIpc) is 2.96. The molecule has 2 aliphatic rings. The average molecular weight is 587 g/mol. The van der Waals surface area contributed by atoms with Gasteiger partial charge in [-0.2, -0.15) is 0 Å². The number of hydrogen-bond donors (Lipinski definition) is 4. The summed E-state index contributed by atoms with van der Waals surface area (Å²) in [5.41, 5.74) is 0.101. The van der Waals surface area contributed by atoms with Crippen molar-refractivity contribution in [3.8, 4) is 0 Å². The van der Waals surface area contributed by atoms with Gasteiger partial charge in [-0.05, 0) is 49.5 Å². The predicted octanol–water partition coefficient (Wildman–Crippen LogP) is 5.74. The van der Waals surface area contributed by atoms with Crippen molar-refractivity contribution in [2.24, 2.45) is 17.8 Å². The molecule has 2 fully saturated rings. The van der Waals surface area contributed by atoms with Crippen molar-refractivity contribution in [3.63, 3.8) is 0 Å². The fraction of sp³-hybridized carbons (Fsp3) is 0.771. The van der Waals surface area contributed by atoms with E-state index in [0.29, 0.717) is 44.6 Å². The highest BCUT2D eigenvalue weighted by molar-refractivity contribution is 5.86. The van der Waals surface area contributed by atoms with Crippen LogP contribution in [0.25, 0.3) is 0 Å². The standard InChI is InChI=1S/C35H58N2O5/c1-4-14-29(34(41)36-30(22-27-15-8-5-9-16-27)33(40)31(38)21-26(2)3)23-32(39)37(24-28-17-10-6-11-18-28)25-35(42)19-12-7-13-20-35/h6,10-11,17-18,26-27,29-31,33,38,40,42H,4-5,7-9,12-16,19-25H2,1-3H3,(H,36,41)/t29-,30+,31+,33-/m1/s1. The van der Waals surface area contributed by atoms with Gasteiger partial charge in [0.1, 0.15) is 6.10 Å². The fourth-order valence-corrected chi connectivity index (χ4v) is 7.03. The molecular weight excluding hydrogens is 528 g/mol. The van der Waals surface area contributed by atoms with Gasteiger partial charge < -0.3 is 25.5 Å². The largest absolute Gasteiger partial charge is 0.390 e. The molecular formula is C35H58N2O5. The zero-order chi connectivity index (χ0) is 30.5. The molecule has 0 radical (unpaired) electrons. The fourth-order valence-electron chi connectivity index (χ4n) is 7.03.